The first-order valence-electron chi connectivity index (χ1n) is 9.18. The number of rotatable bonds is 2. The van der Waals surface area contributed by atoms with Crippen LogP contribution in [0.5, 0.6) is 5.75 Å². The molecule has 0 saturated carbocycles. The Kier molecular flexibility index (Phi) is 4.61. The van der Waals surface area contributed by atoms with Gasteiger partial charge in [-0.1, -0.05) is 0 Å². The number of ether oxygens (including phenoxy) is 2. The van der Waals surface area contributed by atoms with Gasteiger partial charge >= 0.3 is 0 Å². The van der Waals surface area contributed by atoms with Gasteiger partial charge in [0.05, 0.1) is 6.61 Å². The molecule has 0 aromatic heterocycles. The lowest BCUT2D eigenvalue weighted by Crippen LogP contribution is -2.41. The first-order valence-corrected chi connectivity index (χ1v) is 9.18. The Balaban J connectivity index is 1.40. The van der Waals surface area contributed by atoms with Crippen LogP contribution >= 0.6 is 0 Å². The number of carbonyl (C=O) groups is 2. The first-order chi connectivity index (χ1) is 12.2. The van der Waals surface area contributed by atoms with E-state index >= 15 is 0 Å². The van der Waals surface area contributed by atoms with Crippen molar-refractivity contribution in [3.8, 4) is 5.75 Å². The molecular formula is C19H24N2O4. The lowest BCUT2D eigenvalue weighted by Gasteiger charge is -2.24. The van der Waals surface area contributed by atoms with Gasteiger partial charge in [-0.3, -0.25) is 9.59 Å². The number of carbonyl (C=O) groups excluding carboxylic acids is 2. The zero-order valence-electron chi connectivity index (χ0n) is 14.4. The molecule has 2 saturated heterocycles. The molecule has 3 aliphatic heterocycles. The molecular weight excluding hydrogens is 320 g/mol. The van der Waals surface area contributed by atoms with Crippen molar-refractivity contribution < 1.29 is 19.1 Å². The molecule has 0 aliphatic carbocycles. The van der Waals surface area contributed by atoms with Crippen molar-refractivity contribution in [3.63, 3.8) is 0 Å². The smallest absolute Gasteiger partial charge is 0.253 e. The fraction of sp³-hybridized carbons (Fsp3) is 0.579. The summed E-state index contributed by atoms with van der Waals surface area (Å²) in [6, 6.07) is 5.68. The maximum atomic E-state index is 12.8. The molecule has 0 unspecified atom stereocenters. The molecule has 0 N–H and O–H groups in total. The number of hydrogen-bond donors (Lipinski definition) is 0. The van der Waals surface area contributed by atoms with Crippen LogP contribution in [-0.2, 0) is 16.0 Å². The fourth-order valence-electron chi connectivity index (χ4n) is 3.82. The molecule has 0 spiro atoms. The number of hydrogen-bond acceptors (Lipinski definition) is 4. The van der Waals surface area contributed by atoms with Crippen molar-refractivity contribution in [2.24, 2.45) is 0 Å². The van der Waals surface area contributed by atoms with E-state index in [0.717, 1.165) is 37.0 Å². The summed E-state index contributed by atoms with van der Waals surface area (Å²) in [5.41, 5.74) is 1.82. The van der Waals surface area contributed by atoms with E-state index in [4.69, 9.17) is 9.47 Å². The zero-order chi connectivity index (χ0) is 17.2. The Morgan fingerprint density at radius 2 is 1.84 bits per heavy atom. The van der Waals surface area contributed by atoms with Gasteiger partial charge < -0.3 is 19.3 Å². The van der Waals surface area contributed by atoms with Crippen molar-refractivity contribution in [2.45, 2.75) is 31.8 Å². The van der Waals surface area contributed by atoms with Crippen LogP contribution in [0.4, 0.5) is 0 Å². The second kappa shape index (κ2) is 7.04. The van der Waals surface area contributed by atoms with Gasteiger partial charge in [-0.2, -0.15) is 0 Å². The topological polar surface area (TPSA) is 59.1 Å². The standard InChI is InChI=1S/C19H24N2O4/c22-18(15-4-5-16-14(13-15)6-12-25-16)20-7-2-8-21(10-9-20)19(23)17-3-1-11-24-17/h4-5,13,17H,1-3,6-12H2/t17-/m1/s1. The van der Waals surface area contributed by atoms with E-state index in [1.54, 1.807) is 0 Å². The fourth-order valence-corrected chi connectivity index (χ4v) is 3.82. The number of fused-ring (bicyclic) bond motifs is 1. The number of nitrogens with zero attached hydrogens (tertiary/aromatic N) is 2. The average molecular weight is 344 g/mol. The predicted molar refractivity (Wildman–Crippen MR) is 91.7 cm³/mol. The highest BCUT2D eigenvalue weighted by Gasteiger charge is 2.30. The Morgan fingerprint density at radius 3 is 2.68 bits per heavy atom. The van der Waals surface area contributed by atoms with Crippen LogP contribution in [0.25, 0.3) is 0 Å². The summed E-state index contributed by atoms with van der Waals surface area (Å²) in [7, 11) is 0. The van der Waals surface area contributed by atoms with E-state index < -0.39 is 0 Å². The zero-order valence-corrected chi connectivity index (χ0v) is 14.4. The summed E-state index contributed by atoms with van der Waals surface area (Å²) in [4.78, 5) is 29.1. The minimum Gasteiger partial charge on any atom is -0.493 e. The number of benzene rings is 1. The summed E-state index contributed by atoms with van der Waals surface area (Å²) in [6.07, 6.45) is 3.16. The molecule has 1 atom stereocenters. The largest absolute Gasteiger partial charge is 0.493 e. The molecule has 2 amide bonds. The van der Waals surface area contributed by atoms with Crippen LogP contribution < -0.4 is 4.74 Å². The van der Waals surface area contributed by atoms with E-state index in [0.29, 0.717) is 45.0 Å². The van der Waals surface area contributed by atoms with Crippen LogP contribution in [0.15, 0.2) is 18.2 Å². The molecule has 6 heteroatoms. The molecule has 3 aliphatic rings. The van der Waals surface area contributed by atoms with Gasteiger partial charge in [0.25, 0.3) is 11.8 Å². The minimum atomic E-state index is -0.279. The van der Waals surface area contributed by atoms with E-state index in [-0.39, 0.29) is 17.9 Å². The Bertz CT molecular complexity index is 669. The second-order valence-corrected chi connectivity index (χ2v) is 6.89. The van der Waals surface area contributed by atoms with E-state index in [9.17, 15) is 9.59 Å². The van der Waals surface area contributed by atoms with Gasteiger partial charge in [-0.15, -0.1) is 0 Å². The Labute approximate surface area is 147 Å². The highest BCUT2D eigenvalue weighted by atomic mass is 16.5. The van der Waals surface area contributed by atoms with Crippen LogP contribution in [0.2, 0.25) is 0 Å². The van der Waals surface area contributed by atoms with Crippen LogP contribution in [0.1, 0.15) is 35.2 Å². The Morgan fingerprint density at radius 1 is 1.00 bits per heavy atom. The van der Waals surface area contributed by atoms with Gasteiger partial charge in [0.1, 0.15) is 11.9 Å². The van der Waals surface area contributed by atoms with Gasteiger partial charge in [0, 0.05) is 44.8 Å². The maximum Gasteiger partial charge on any atom is 0.253 e. The molecule has 25 heavy (non-hydrogen) atoms. The molecule has 3 heterocycles. The van der Waals surface area contributed by atoms with Gasteiger partial charge in [0.2, 0.25) is 0 Å². The lowest BCUT2D eigenvalue weighted by atomic mass is 10.1. The summed E-state index contributed by atoms with van der Waals surface area (Å²) in [6.45, 7) is 3.90. The average Bonchev–Trinajstić information content (AvgIpc) is 3.27. The highest BCUT2D eigenvalue weighted by Crippen LogP contribution is 2.26. The molecule has 0 bridgehead atoms. The monoisotopic (exact) mass is 344 g/mol. The van der Waals surface area contributed by atoms with E-state index in [1.165, 1.54) is 0 Å². The van der Waals surface area contributed by atoms with E-state index in [2.05, 4.69) is 0 Å². The number of amides is 2. The third-order valence-electron chi connectivity index (χ3n) is 5.24. The highest BCUT2D eigenvalue weighted by molar-refractivity contribution is 5.94. The predicted octanol–water partition coefficient (Wildman–Crippen LogP) is 1.47. The van der Waals surface area contributed by atoms with E-state index in [1.807, 2.05) is 28.0 Å². The maximum absolute atomic E-state index is 12.8. The summed E-state index contributed by atoms with van der Waals surface area (Å²) in [5.74, 6) is 1.02. The SMILES string of the molecule is O=C(c1ccc2c(c1)CCO2)N1CCCN(C(=O)[C@H]2CCCO2)CC1. The van der Waals surface area contributed by atoms with Crippen molar-refractivity contribution in [3.05, 3.63) is 29.3 Å². The van der Waals surface area contributed by atoms with Crippen LogP contribution in [-0.4, -0.2) is 67.1 Å². The first kappa shape index (κ1) is 16.4. The molecule has 1 aromatic carbocycles. The second-order valence-electron chi connectivity index (χ2n) is 6.89. The summed E-state index contributed by atoms with van der Waals surface area (Å²) in [5, 5.41) is 0. The lowest BCUT2D eigenvalue weighted by molar-refractivity contribution is -0.140. The molecule has 6 nitrogen and oxygen atoms in total. The van der Waals surface area contributed by atoms with Crippen molar-refractivity contribution in [2.75, 3.05) is 39.4 Å². The third-order valence-corrected chi connectivity index (χ3v) is 5.24. The molecule has 134 valence electrons. The van der Waals surface area contributed by atoms with Gasteiger partial charge in [0.15, 0.2) is 0 Å². The molecule has 2 fully saturated rings. The van der Waals surface area contributed by atoms with Crippen molar-refractivity contribution in [1.82, 2.24) is 9.80 Å². The minimum absolute atomic E-state index is 0.0427. The van der Waals surface area contributed by atoms with Gasteiger partial charge in [-0.25, -0.2) is 0 Å². The normalized spacial score (nSPS) is 23.1. The third kappa shape index (κ3) is 3.35. The van der Waals surface area contributed by atoms with Gasteiger partial charge in [-0.05, 0) is 43.0 Å². The summed E-state index contributed by atoms with van der Waals surface area (Å²) >= 11 is 0. The molecule has 0 radical (unpaired) electrons. The molecule has 1 aromatic rings. The molecule has 4 rings (SSSR count). The van der Waals surface area contributed by atoms with Crippen molar-refractivity contribution in [1.29, 1.82) is 0 Å². The van der Waals surface area contributed by atoms with Crippen molar-refractivity contribution >= 4 is 11.8 Å². The quantitative estimate of drug-likeness (QED) is 0.815. The summed E-state index contributed by atoms with van der Waals surface area (Å²) < 4.78 is 11.0. The van der Waals surface area contributed by atoms with Crippen LogP contribution in [0.3, 0.4) is 0 Å². The Hall–Kier alpha value is -2.08. The van der Waals surface area contributed by atoms with Crippen LogP contribution in [0, 0.1) is 0 Å².